The molecule has 0 radical (unpaired) electrons. The summed E-state index contributed by atoms with van der Waals surface area (Å²) in [5, 5.41) is 2.33. The molecule has 0 amide bonds. The van der Waals surface area contributed by atoms with Gasteiger partial charge in [-0.3, -0.25) is 0 Å². The van der Waals surface area contributed by atoms with Crippen molar-refractivity contribution < 1.29 is 14.0 Å². The molecule has 4 heteroatoms. The van der Waals surface area contributed by atoms with Gasteiger partial charge in [0, 0.05) is 0 Å². The van der Waals surface area contributed by atoms with E-state index in [2.05, 4.69) is 12.1 Å². The van der Waals surface area contributed by atoms with E-state index in [4.69, 9.17) is 14.0 Å². The van der Waals surface area contributed by atoms with Gasteiger partial charge < -0.3 is 14.0 Å². The average molecular weight is 231 g/mol. The highest BCUT2D eigenvalue weighted by Gasteiger charge is 2.27. The summed E-state index contributed by atoms with van der Waals surface area (Å²) in [6.07, 6.45) is 0. The standard InChI is InChI=1S/C13H16BO3/c1-15-14(16-2,17-3)13-9-8-11-6-4-5-7-12(11)10-13/h4-10H,1-3H3/q-1. The van der Waals surface area contributed by atoms with E-state index < -0.39 is 6.75 Å². The molecule has 2 rings (SSSR count). The monoisotopic (exact) mass is 231 g/mol. The van der Waals surface area contributed by atoms with Crippen LogP contribution < -0.4 is 5.46 Å². The zero-order valence-corrected chi connectivity index (χ0v) is 10.3. The van der Waals surface area contributed by atoms with Crippen molar-refractivity contribution in [1.82, 2.24) is 0 Å². The predicted molar refractivity (Wildman–Crippen MR) is 70.4 cm³/mol. The molecule has 0 bridgehead atoms. The SMILES string of the molecule is CO[B-](OC)(OC)c1ccc2ccccc2c1. The van der Waals surface area contributed by atoms with Crippen LogP contribution in [-0.2, 0) is 14.0 Å². The molecule has 3 nitrogen and oxygen atoms in total. The van der Waals surface area contributed by atoms with Crippen LogP contribution in [0.4, 0.5) is 0 Å². The quantitative estimate of drug-likeness (QED) is 0.752. The van der Waals surface area contributed by atoms with E-state index in [9.17, 15) is 0 Å². The van der Waals surface area contributed by atoms with Gasteiger partial charge in [0.05, 0.1) is 0 Å². The molecular weight excluding hydrogens is 215 g/mol. The summed E-state index contributed by atoms with van der Waals surface area (Å²) in [4.78, 5) is 0. The summed E-state index contributed by atoms with van der Waals surface area (Å²) in [6.45, 7) is -1.84. The maximum Gasteiger partial charge on any atom is 0.409 e. The lowest BCUT2D eigenvalue weighted by Gasteiger charge is -2.37. The molecule has 17 heavy (non-hydrogen) atoms. The third kappa shape index (κ3) is 2.07. The van der Waals surface area contributed by atoms with Gasteiger partial charge in [-0.2, -0.15) is 0 Å². The molecule has 90 valence electrons. The van der Waals surface area contributed by atoms with Crippen molar-refractivity contribution in [3.63, 3.8) is 0 Å². The van der Waals surface area contributed by atoms with Gasteiger partial charge in [0.15, 0.2) is 0 Å². The van der Waals surface area contributed by atoms with Crippen LogP contribution in [0.3, 0.4) is 0 Å². The normalized spacial score (nSPS) is 11.9. The van der Waals surface area contributed by atoms with Gasteiger partial charge in [0.1, 0.15) is 0 Å². The second-order valence-electron chi connectivity index (χ2n) is 3.96. The van der Waals surface area contributed by atoms with Gasteiger partial charge in [0.25, 0.3) is 0 Å². The van der Waals surface area contributed by atoms with Gasteiger partial charge in [-0.15, -0.1) is 5.46 Å². The Bertz CT molecular complexity index is 500. The van der Waals surface area contributed by atoms with Gasteiger partial charge in [-0.1, -0.05) is 42.5 Å². The molecule has 0 heterocycles. The highest BCUT2D eigenvalue weighted by atomic mass is 16.7. The van der Waals surface area contributed by atoms with Crippen molar-refractivity contribution >= 4 is 23.0 Å². The molecule has 0 aliphatic heterocycles. The Kier molecular flexibility index (Phi) is 3.47. The first-order valence-electron chi connectivity index (χ1n) is 5.54. The first-order valence-corrected chi connectivity index (χ1v) is 5.54. The Morgan fingerprint density at radius 2 is 1.35 bits per heavy atom. The fourth-order valence-corrected chi connectivity index (χ4v) is 2.12. The van der Waals surface area contributed by atoms with Crippen LogP contribution in [0.2, 0.25) is 0 Å². The molecule has 0 N–H and O–H groups in total. The van der Waals surface area contributed by atoms with Crippen molar-refractivity contribution in [2.75, 3.05) is 21.3 Å². The fraction of sp³-hybridized carbons (Fsp3) is 0.231. The number of benzene rings is 2. The van der Waals surface area contributed by atoms with Crippen molar-refractivity contribution in [2.24, 2.45) is 0 Å². The molecule has 0 aromatic heterocycles. The molecule has 0 atom stereocenters. The van der Waals surface area contributed by atoms with Crippen LogP contribution >= 0.6 is 0 Å². The third-order valence-electron chi connectivity index (χ3n) is 3.11. The molecule has 2 aromatic carbocycles. The van der Waals surface area contributed by atoms with E-state index in [0.717, 1.165) is 10.8 Å². The molecule has 2 aromatic rings. The van der Waals surface area contributed by atoms with Crippen LogP contribution in [0.15, 0.2) is 42.5 Å². The zero-order valence-electron chi connectivity index (χ0n) is 10.3. The summed E-state index contributed by atoms with van der Waals surface area (Å²) in [5.74, 6) is 0. The zero-order chi connectivity index (χ0) is 12.3. The van der Waals surface area contributed by atoms with Gasteiger partial charge in [0.2, 0.25) is 0 Å². The summed E-state index contributed by atoms with van der Waals surface area (Å²) in [7, 11) is 4.76. The summed E-state index contributed by atoms with van der Waals surface area (Å²) in [5.41, 5.74) is 0.899. The molecule has 0 spiro atoms. The number of rotatable bonds is 4. The minimum Gasteiger partial charge on any atom is -0.543 e. The smallest absolute Gasteiger partial charge is 0.409 e. The minimum absolute atomic E-state index is 0.899. The Morgan fingerprint density at radius 1 is 0.765 bits per heavy atom. The lowest BCUT2D eigenvalue weighted by atomic mass is 9.68. The molecule has 0 fully saturated rings. The topological polar surface area (TPSA) is 27.7 Å². The van der Waals surface area contributed by atoms with Crippen LogP contribution in [0.5, 0.6) is 0 Å². The van der Waals surface area contributed by atoms with Crippen molar-refractivity contribution in [2.45, 2.75) is 0 Å². The van der Waals surface area contributed by atoms with E-state index in [1.807, 2.05) is 30.3 Å². The number of hydrogen-bond acceptors (Lipinski definition) is 3. The molecule has 0 aliphatic carbocycles. The first-order chi connectivity index (χ1) is 8.25. The molecule has 0 saturated heterocycles. The first kappa shape index (κ1) is 12.1. The van der Waals surface area contributed by atoms with Crippen LogP contribution in [0.1, 0.15) is 0 Å². The summed E-state index contributed by atoms with van der Waals surface area (Å²) >= 11 is 0. The maximum absolute atomic E-state index is 5.39. The van der Waals surface area contributed by atoms with Crippen LogP contribution in [0, 0.1) is 0 Å². The van der Waals surface area contributed by atoms with E-state index in [-0.39, 0.29) is 0 Å². The van der Waals surface area contributed by atoms with Crippen molar-refractivity contribution in [3.05, 3.63) is 42.5 Å². The second-order valence-corrected chi connectivity index (χ2v) is 3.96. The third-order valence-corrected chi connectivity index (χ3v) is 3.11. The van der Waals surface area contributed by atoms with E-state index in [1.165, 1.54) is 5.39 Å². The average Bonchev–Trinajstić information content (AvgIpc) is 2.41. The Hall–Kier alpha value is -1.36. The number of fused-ring (bicyclic) bond motifs is 1. The Labute approximate surface area is 101 Å². The predicted octanol–water partition coefficient (Wildman–Crippen LogP) is 1.92. The summed E-state index contributed by atoms with van der Waals surface area (Å²) in [6, 6.07) is 14.2. The van der Waals surface area contributed by atoms with Crippen molar-refractivity contribution in [1.29, 1.82) is 0 Å². The lowest BCUT2D eigenvalue weighted by molar-refractivity contribution is 0.140. The second kappa shape index (κ2) is 4.88. The largest absolute Gasteiger partial charge is 0.543 e. The fourth-order valence-electron chi connectivity index (χ4n) is 2.12. The van der Waals surface area contributed by atoms with Gasteiger partial charge >= 0.3 is 6.75 Å². The molecule has 0 aliphatic rings. The highest BCUT2D eigenvalue weighted by molar-refractivity contribution is 6.75. The Balaban J connectivity index is 2.55. The minimum atomic E-state index is -1.84. The van der Waals surface area contributed by atoms with Crippen LogP contribution in [0.25, 0.3) is 10.8 Å². The van der Waals surface area contributed by atoms with E-state index >= 15 is 0 Å². The van der Waals surface area contributed by atoms with E-state index in [0.29, 0.717) is 0 Å². The van der Waals surface area contributed by atoms with Gasteiger partial charge in [-0.05, 0) is 32.1 Å². The maximum atomic E-state index is 5.39. The van der Waals surface area contributed by atoms with Crippen molar-refractivity contribution in [3.8, 4) is 0 Å². The summed E-state index contributed by atoms with van der Waals surface area (Å²) < 4.78 is 16.2. The lowest BCUT2D eigenvalue weighted by Crippen LogP contribution is -2.54. The number of hydrogen-bond donors (Lipinski definition) is 0. The van der Waals surface area contributed by atoms with E-state index in [1.54, 1.807) is 21.3 Å². The highest BCUT2D eigenvalue weighted by Crippen LogP contribution is 2.15. The molecular formula is C13H16BO3-. The molecule has 0 unspecified atom stereocenters. The molecule has 0 saturated carbocycles. The Morgan fingerprint density at radius 3 is 1.94 bits per heavy atom. The van der Waals surface area contributed by atoms with Gasteiger partial charge in [-0.25, -0.2) is 0 Å². The van der Waals surface area contributed by atoms with Crippen LogP contribution in [-0.4, -0.2) is 28.1 Å².